The van der Waals surface area contributed by atoms with Gasteiger partial charge in [0.2, 0.25) is 0 Å². The first kappa shape index (κ1) is 15.0. The van der Waals surface area contributed by atoms with E-state index in [1.54, 1.807) is 0 Å². The SMILES string of the molecule is CNCCCCCN1CCCC(C(C)C)CC1. The lowest BCUT2D eigenvalue weighted by Crippen LogP contribution is -2.26. The van der Waals surface area contributed by atoms with Gasteiger partial charge in [0.15, 0.2) is 0 Å². The van der Waals surface area contributed by atoms with Crippen molar-refractivity contribution in [1.29, 1.82) is 0 Å². The average molecular weight is 240 g/mol. The van der Waals surface area contributed by atoms with E-state index in [0.717, 1.165) is 11.8 Å². The summed E-state index contributed by atoms with van der Waals surface area (Å²) in [7, 11) is 2.04. The zero-order valence-corrected chi connectivity index (χ0v) is 12.2. The van der Waals surface area contributed by atoms with Crippen LogP contribution in [0.25, 0.3) is 0 Å². The Balaban J connectivity index is 2.09. The number of hydrogen-bond donors (Lipinski definition) is 1. The van der Waals surface area contributed by atoms with E-state index in [0.29, 0.717) is 0 Å². The largest absolute Gasteiger partial charge is 0.320 e. The van der Waals surface area contributed by atoms with Crippen molar-refractivity contribution in [2.24, 2.45) is 11.8 Å². The van der Waals surface area contributed by atoms with Crippen LogP contribution in [0.5, 0.6) is 0 Å². The summed E-state index contributed by atoms with van der Waals surface area (Å²) >= 11 is 0. The fraction of sp³-hybridized carbons (Fsp3) is 1.00. The summed E-state index contributed by atoms with van der Waals surface area (Å²) in [6, 6.07) is 0. The van der Waals surface area contributed by atoms with Crippen molar-refractivity contribution >= 4 is 0 Å². The molecule has 0 aromatic heterocycles. The summed E-state index contributed by atoms with van der Waals surface area (Å²) in [5, 5.41) is 3.22. The minimum Gasteiger partial charge on any atom is -0.320 e. The lowest BCUT2D eigenvalue weighted by atomic mass is 9.89. The molecule has 0 spiro atoms. The minimum atomic E-state index is 0.880. The molecule has 2 heteroatoms. The molecule has 0 bridgehead atoms. The molecule has 2 nitrogen and oxygen atoms in total. The lowest BCUT2D eigenvalue weighted by Gasteiger charge is -2.21. The van der Waals surface area contributed by atoms with E-state index in [-0.39, 0.29) is 0 Å². The zero-order valence-electron chi connectivity index (χ0n) is 12.2. The lowest BCUT2D eigenvalue weighted by molar-refractivity contribution is 0.266. The van der Waals surface area contributed by atoms with Crippen LogP contribution in [0.1, 0.15) is 52.4 Å². The van der Waals surface area contributed by atoms with Crippen LogP contribution in [0.15, 0.2) is 0 Å². The molecule has 1 aliphatic heterocycles. The summed E-state index contributed by atoms with van der Waals surface area (Å²) in [4.78, 5) is 2.70. The third-order valence-electron chi connectivity index (χ3n) is 4.21. The summed E-state index contributed by atoms with van der Waals surface area (Å²) in [5.74, 6) is 1.86. The molecule has 102 valence electrons. The highest BCUT2D eigenvalue weighted by Gasteiger charge is 2.18. The van der Waals surface area contributed by atoms with Crippen molar-refractivity contribution in [3.63, 3.8) is 0 Å². The summed E-state index contributed by atoms with van der Waals surface area (Å²) in [5.41, 5.74) is 0. The van der Waals surface area contributed by atoms with Crippen molar-refractivity contribution in [2.75, 3.05) is 33.2 Å². The molecule has 17 heavy (non-hydrogen) atoms. The Morgan fingerprint density at radius 2 is 1.94 bits per heavy atom. The number of nitrogens with one attached hydrogen (secondary N) is 1. The molecule has 0 radical (unpaired) electrons. The monoisotopic (exact) mass is 240 g/mol. The second kappa shape index (κ2) is 8.93. The van der Waals surface area contributed by atoms with Gasteiger partial charge in [-0.1, -0.05) is 20.3 Å². The first-order chi connectivity index (χ1) is 8.24. The van der Waals surface area contributed by atoms with Gasteiger partial charge >= 0.3 is 0 Å². The van der Waals surface area contributed by atoms with Gasteiger partial charge in [-0.15, -0.1) is 0 Å². The van der Waals surface area contributed by atoms with E-state index in [1.165, 1.54) is 64.7 Å². The number of hydrogen-bond acceptors (Lipinski definition) is 2. The van der Waals surface area contributed by atoms with Crippen molar-refractivity contribution in [3.05, 3.63) is 0 Å². The van der Waals surface area contributed by atoms with Gasteiger partial charge in [-0.25, -0.2) is 0 Å². The summed E-state index contributed by atoms with van der Waals surface area (Å²) in [6.45, 7) is 9.96. The van der Waals surface area contributed by atoms with E-state index < -0.39 is 0 Å². The highest BCUT2D eigenvalue weighted by atomic mass is 15.1. The Bertz CT molecular complexity index is 180. The Morgan fingerprint density at radius 1 is 1.12 bits per heavy atom. The number of likely N-dealkylation sites (tertiary alicyclic amines) is 1. The predicted molar refractivity (Wildman–Crippen MR) is 76.4 cm³/mol. The van der Waals surface area contributed by atoms with E-state index in [9.17, 15) is 0 Å². The molecule has 0 aromatic rings. The molecule has 1 unspecified atom stereocenters. The molecule has 0 saturated carbocycles. The van der Waals surface area contributed by atoms with Crippen LogP contribution in [0.2, 0.25) is 0 Å². The van der Waals surface area contributed by atoms with E-state index in [2.05, 4.69) is 24.1 Å². The minimum absolute atomic E-state index is 0.880. The topological polar surface area (TPSA) is 15.3 Å². The van der Waals surface area contributed by atoms with Gasteiger partial charge in [0.25, 0.3) is 0 Å². The second-order valence-corrected chi connectivity index (χ2v) is 5.94. The normalized spacial score (nSPS) is 22.9. The maximum atomic E-state index is 3.22. The first-order valence-corrected chi connectivity index (χ1v) is 7.61. The van der Waals surface area contributed by atoms with Gasteiger partial charge in [-0.3, -0.25) is 0 Å². The quantitative estimate of drug-likeness (QED) is 0.688. The molecule has 1 atom stereocenters. The van der Waals surface area contributed by atoms with Crippen molar-refractivity contribution < 1.29 is 0 Å². The van der Waals surface area contributed by atoms with Gasteiger partial charge in [-0.05, 0) is 77.2 Å². The molecule has 0 amide bonds. The van der Waals surface area contributed by atoms with Gasteiger partial charge in [0, 0.05) is 0 Å². The molecule has 1 fully saturated rings. The number of rotatable bonds is 7. The Labute approximate surface area is 108 Å². The maximum Gasteiger partial charge on any atom is -0.00160 e. The standard InChI is InChI=1S/C15H32N2/c1-14(2)15-8-7-12-17(13-9-15)11-6-4-5-10-16-3/h14-16H,4-13H2,1-3H3. The van der Waals surface area contributed by atoms with Crippen LogP contribution < -0.4 is 5.32 Å². The number of nitrogens with zero attached hydrogens (tertiary/aromatic N) is 1. The van der Waals surface area contributed by atoms with E-state index >= 15 is 0 Å². The van der Waals surface area contributed by atoms with Crippen LogP contribution in [0.3, 0.4) is 0 Å². The maximum absolute atomic E-state index is 3.22. The van der Waals surface area contributed by atoms with Gasteiger partial charge in [0.1, 0.15) is 0 Å². The van der Waals surface area contributed by atoms with Crippen LogP contribution in [-0.4, -0.2) is 38.1 Å². The van der Waals surface area contributed by atoms with Gasteiger partial charge < -0.3 is 10.2 Å². The van der Waals surface area contributed by atoms with Crippen LogP contribution in [0, 0.1) is 11.8 Å². The Hall–Kier alpha value is -0.0800. The molecule has 1 rings (SSSR count). The van der Waals surface area contributed by atoms with Crippen LogP contribution in [-0.2, 0) is 0 Å². The zero-order chi connectivity index (χ0) is 12.5. The summed E-state index contributed by atoms with van der Waals surface area (Å²) < 4.78 is 0. The Kier molecular flexibility index (Phi) is 7.87. The molecule has 0 aliphatic carbocycles. The smallest absolute Gasteiger partial charge is 0.00160 e. The first-order valence-electron chi connectivity index (χ1n) is 7.61. The fourth-order valence-electron chi connectivity index (χ4n) is 2.89. The van der Waals surface area contributed by atoms with E-state index in [4.69, 9.17) is 0 Å². The average Bonchev–Trinajstić information content (AvgIpc) is 2.54. The van der Waals surface area contributed by atoms with Crippen molar-refractivity contribution in [3.8, 4) is 0 Å². The van der Waals surface area contributed by atoms with Crippen LogP contribution in [0.4, 0.5) is 0 Å². The van der Waals surface area contributed by atoms with Crippen molar-refractivity contribution in [1.82, 2.24) is 10.2 Å². The van der Waals surface area contributed by atoms with Gasteiger partial charge in [0.05, 0.1) is 0 Å². The molecule has 1 aliphatic rings. The highest BCUT2D eigenvalue weighted by Crippen LogP contribution is 2.24. The second-order valence-electron chi connectivity index (χ2n) is 5.94. The molecular formula is C15H32N2. The van der Waals surface area contributed by atoms with Crippen LogP contribution >= 0.6 is 0 Å². The number of unbranched alkanes of at least 4 members (excludes halogenated alkanes) is 2. The van der Waals surface area contributed by atoms with Crippen molar-refractivity contribution in [2.45, 2.75) is 52.4 Å². The fourth-order valence-corrected chi connectivity index (χ4v) is 2.89. The highest BCUT2D eigenvalue weighted by molar-refractivity contribution is 4.72. The van der Waals surface area contributed by atoms with E-state index in [1.807, 2.05) is 7.05 Å². The molecule has 0 aromatic carbocycles. The van der Waals surface area contributed by atoms with Gasteiger partial charge in [-0.2, -0.15) is 0 Å². The summed E-state index contributed by atoms with van der Waals surface area (Å²) in [6.07, 6.45) is 8.39. The molecule has 1 N–H and O–H groups in total. The molecule has 1 saturated heterocycles. The molecule has 1 heterocycles. The third-order valence-corrected chi connectivity index (χ3v) is 4.21. The predicted octanol–water partition coefficient (Wildman–Crippen LogP) is 3.13. The third kappa shape index (κ3) is 6.42. The molecular weight excluding hydrogens is 208 g/mol. The Morgan fingerprint density at radius 3 is 2.65 bits per heavy atom.